The molecular weight excluding hydrogens is 384 g/mol. The van der Waals surface area contributed by atoms with Crippen LogP contribution in [0.5, 0.6) is 0 Å². The number of aryl methyl sites for hydroxylation is 1. The fraction of sp³-hybridized carbons (Fsp3) is 0.136. The highest BCUT2D eigenvalue weighted by Crippen LogP contribution is 2.06. The van der Waals surface area contributed by atoms with Crippen molar-refractivity contribution in [1.82, 2.24) is 20.6 Å². The van der Waals surface area contributed by atoms with Crippen LogP contribution in [0.25, 0.3) is 0 Å². The molecule has 0 atom stereocenters. The summed E-state index contributed by atoms with van der Waals surface area (Å²) in [5.74, 6) is -2.40. The average Bonchev–Trinajstić information content (AvgIpc) is 2.77. The maximum atomic E-state index is 12.5. The number of carboxylic acid groups (broad SMARTS) is 1. The van der Waals surface area contributed by atoms with Crippen molar-refractivity contribution in [2.45, 2.75) is 20.0 Å². The third-order valence-corrected chi connectivity index (χ3v) is 4.12. The van der Waals surface area contributed by atoms with Gasteiger partial charge in [-0.1, -0.05) is 42.0 Å². The van der Waals surface area contributed by atoms with Gasteiger partial charge in [0.2, 0.25) is 0 Å². The van der Waals surface area contributed by atoms with Gasteiger partial charge in [-0.2, -0.15) is 0 Å². The molecule has 0 aliphatic carbocycles. The molecule has 0 aliphatic heterocycles. The van der Waals surface area contributed by atoms with Crippen LogP contribution in [0.1, 0.15) is 50.8 Å². The van der Waals surface area contributed by atoms with Crippen LogP contribution in [0.2, 0.25) is 0 Å². The fourth-order valence-corrected chi connectivity index (χ4v) is 2.56. The smallest absolute Gasteiger partial charge is 0.335 e. The number of hydrogen-bond acceptors (Lipinski definition) is 5. The molecule has 0 radical (unpaired) electrons. The van der Waals surface area contributed by atoms with E-state index in [0.717, 1.165) is 11.9 Å². The van der Waals surface area contributed by atoms with Gasteiger partial charge < -0.3 is 15.7 Å². The maximum absolute atomic E-state index is 12.5. The minimum absolute atomic E-state index is 0.0663. The molecule has 3 rings (SSSR count). The summed E-state index contributed by atoms with van der Waals surface area (Å²) in [6, 6.07) is 13.9. The first kappa shape index (κ1) is 18.0. The van der Waals surface area contributed by atoms with Crippen molar-refractivity contribution in [3.63, 3.8) is 0 Å². The molecule has 30 heavy (non-hydrogen) atoms. The Balaban J connectivity index is 1.66. The zero-order valence-electron chi connectivity index (χ0n) is 18.0. The van der Waals surface area contributed by atoms with E-state index in [0.29, 0.717) is 5.56 Å². The molecule has 3 N–H and O–H groups in total. The molecule has 0 spiro atoms. The average molecular weight is 406 g/mol. The third-order valence-electron chi connectivity index (χ3n) is 4.12. The molecule has 3 aromatic rings. The molecule has 0 fully saturated rings. The minimum atomic E-state index is -2.14. The molecule has 0 unspecified atom stereocenters. The van der Waals surface area contributed by atoms with Gasteiger partial charge in [-0.25, -0.2) is 14.8 Å². The summed E-state index contributed by atoms with van der Waals surface area (Å²) in [6.45, 7) is -0.198. The normalized spacial score (nSPS) is 11.8. The topological polar surface area (TPSA) is 121 Å². The van der Waals surface area contributed by atoms with Crippen LogP contribution >= 0.6 is 0 Å². The lowest BCUT2D eigenvalue weighted by atomic mass is 10.1. The third kappa shape index (κ3) is 5.48. The second-order valence-electron chi connectivity index (χ2n) is 6.42. The Kier molecular flexibility index (Phi) is 5.65. The number of benzene rings is 2. The van der Waals surface area contributed by atoms with E-state index in [4.69, 9.17) is 7.85 Å². The van der Waals surface area contributed by atoms with E-state index in [1.165, 1.54) is 18.2 Å². The number of rotatable bonds is 7. The zero-order valence-corrected chi connectivity index (χ0v) is 16.0. The number of aromatic nitrogens is 2. The Morgan fingerprint density at radius 3 is 2.23 bits per heavy atom. The van der Waals surface area contributed by atoms with Gasteiger partial charge >= 0.3 is 5.97 Å². The van der Waals surface area contributed by atoms with Crippen LogP contribution in [0.3, 0.4) is 0 Å². The molecule has 1 heterocycles. The summed E-state index contributed by atoms with van der Waals surface area (Å²) in [4.78, 5) is 43.5. The highest BCUT2D eigenvalue weighted by molar-refractivity contribution is 5.97. The lowest BCUT2D eigenvalue weighted by molar-refractivity contribution is 0.0696. The van der Waals surface area contributed by atoms with Crippen LogP contribution in [0.4, 0.5) is 0 Å². The number of carboxylic acids is 1. The number of aromatic carboxylic acids is 1. The van der Waals surface area contributed by atoms with Crippen LogP contribution in [0.15, 0.2) is 60.9 Å². The number of amides is 2. The quantitative estimate of drug-likeness (QED) is 0.554. The number of carbonyl (C=O) groups excluding carboxylic acids is 2. The number of hydrogen-bond donors (Lipinski definition) is 3. The van der Waals surface area contributed by atoms with Crippen LogP contribution in [-0.2, 0) is 13.0 Å². The molecule has 0 aliphatic rings. The standard InChI is InChI=1S/C22H20N4O4/c1-14-3-2-4-16(9-14)12-24-21(28)19-10-18(25-13-26-19)20(27)23-11-15-5-7-17(8-6-15)22(29)30/h2-10,13H,11-12H2,1H3,(H,23,27)(H,24,28)(H,29,30)/i12D2. The van der Waals surface area contributed by atoms with Crippen molar-refractivity contribution in [2.24, 2.45) is 0 Å². The first-order valence-corrected chi connectivity index (χ1v) is 8.98. The number of nitrogens with one attached hydrogen (secondary N) is 2. The molecule has 8 nitrogen and oxygen atoms in total. The van der Waals surface area contributed by atoms with Crippen molar-refractivity contribution in [2.75, 3.05) is 0 Å². The molecule has 2 aromatic carbocycles. The van der Waals surface area contributed by atoms with Crippen molar-refractivity contribution in [3.05, 3.63) is 94.6 Å². The first-order chi connectivity index (χ1) is 15.2. The van der Waals surface area contributed by atoms with E-state index in [2.05, 4.69) is 20.6 Å². The minimum Gasteiger partial charge on any atom is -0.478 e. The van der Waals surface area contributed by atoms with Crippen LogP contribution in [0, 0.1) is 6.92 Å². The van der Waals surface area contributed by atoms with Gasteiger partial charge in [-0.05, 0) is 30.2 Å². The maximum Gasteiger partial charge on any atom is 0.335 e. The van der Waals surface area contributed by atoms with E-state index < -0.39 is 24.3 Å². The van der Waals surface area contributed by atoms with Crippen LogP contribution in [-0.4, -0.2) is 32.9 Å². The number of carbonyl (C=O) groups is 3. The van der Waals surface area contributed by atoms with Gasteiger partial charge in [0, 0.05) is 19.1 Å². The summed E-state index contributed by atoms with van der Waals surface area (Å²) >= 11 is 0. The van der Waals surface area contributed by atoms with E-state index >= 15 is 0 Å². The van der Waals surface area contributed by atoms with E-state index in [-0.39, 0.29) is 29.1 Å². The SMILES string of the molecule is [2H]C([2H])(NC(=O)c1cc(C(=O)NCc2ccc(C(=O)O)cc2)ncn1)c1cccc(C)c1. The van der Waals surface area contributed by atoms with Gasteiger partial charge in [0.25, 0.3) is 11.8 Å². The zero-order chi connectivity index (χ0) is 23.3. The summed E-state index contributed by atoms with van der Waals surface area (Å²) in [5, 5.41) is 13.8. The Bertz CT molecular complexity index is 1170. The Hall–Kier alpha value is -4.07. The second kappa shape index (κ2) is 9.42. The Morgan fingerprint density at radius 2 is 1.60 bits per heavy atom. The predicted molar refractivity (Wildman–Crippen MR) is 109 cm³/mol. The summed E-state index contributed by atoms with van der Waals surface area (Å²) < 4.78 is 16.3. The van der Waals surface area contributed by atoms with Gasteiger partial charge in [-0.15, -0.1) is 0 Å². The predicted octanol–water partition coefficient (Wildman–Crippen LogP) is 2.34. The highest BCUT2D eigenvalue weighted by Gasteiger charge is 2.13. The van der Waals surface area contributed by atoms with Crippen molar-refractivity contribution >= 4 is 17.8 Å². The summed E-state index contributed by atoms with van der Waals surface area (Å²) in [7, 11) is 0. The summed E-state index contributed by atoms with van der Waals surface area (Å²) in [5.41, 5.74) is 1.72. The molecule has 0 saturated heterocycles. The lowest BCUT2D eigenvalue weighted by Gasteiger charge is -2.08. The van der Waals surface area contributed by atoms with Gasteiger partial charge in [0.1, 0.15) is 17.7 Å². The molecule has 152 valence electrons. The second-order valence-corrected chi connectivity index (χ2v) is 6.42. The molecule has 8 heteroatoms. The monoisotopic (exact) mass is 406 g/mol. The van der Waals surface area contributed by atoms with E-state index in [1.54, 1.807) is 30.3 Å². The lowest BCUT2D eigenvalue weighted by Crippen LogP contribution is -2.27. The fourth-order valence-electron chi connectivity index (χ4n) is 2.56. The summed E-state index contributed by atoms with van der Waals surface area (Å²) in [6.07, 6.45) is 1.05. The highest BCUT2D eigenvalue weighted by atomic mass is 16.4. The molecule has 0 bridgehead atoms. The van der Waals surface area contributed by atoms with E-state index in [9.17, 15) is 14.4 Å². The van der Waals surface area contributed by atoms with Crippen molar-refractivity contribution < 1.29 is 22.2 Å². The first-order valence-electron chi connectivity index (χ1n) is 9.98. The largest absolute Gasteiger partial charge is 0.478 e. The van der Waals surface area contributed by atoms with Crippen LogP contribution < -0.4 is 10.6 Å². The number of nitrogens with zero attached hydrogens (tertiary/aromatic N) is 2. The van der Waals surface area contributed by atoms with E-state index in [1.807, 2.05) is 13.0 Å². The molecular formula is C22H20N4O4. The van der Waals surface area contributed by atoms with Gasteiger partial charge in [0.15, 0.2) is 0 Å². The molecule has 2 amide bonds. The van der Waals surface area contributed by atoms with Gasteiger partial charge in [-0.3, -0.25) is 9.59 Å². The van der Waals surface area contributed by atoms with Crippen molar-refractivity contribution in [1.29, 1.82) is 0 Å². The Morgan fingerprint density at radius 1 is 0.933 bits per heavy atom. The Labute approximate surface area is 175 Å². The van der Waals surface area contributed by atoms with Crippen molar-refractivity contribution in [3.8, 4) is 0 Å². The van der Waals surface area contributed by atoms with Gasteiger partial charge in [0.05, 0.1) is 8.30 Å². The molecule has 0 saturated carbocycles. The molecule has 1 aromatic heterocycles.